The van der Waals surface area contributed by atoms with E-state index in [2.05, 4.69) is 37.6 Å². The molecular weight excluding hydrogens is 236 g/mol. The molecule has 1 aliphatic heterocycles. The topological polar surface area (TPSA) is 26.7 Å². The Labute approximate surface area is 119 Å². The lowest BCUT2D eigenvalue weighted by Crippen LogP contribution is -2.48. The highest BCUT2D eigenvalue weighted by Crippen LogP contribution is 2.40. The van der Waals surface area contributed by atoms with Crippen LogP contribution in [0.5, 0.6) is 0 Å². The Morgan fingerprint density at radius 1 is 1.05 bits per heavy atom. The molecule has 1 aliphatic carbocycles. The lowest BCUT2D eigenvalue weighted by molar-refractivity contribution is -0.00258. The molecule has 0 spiro atoms. The zero-order valence-corrected chi connectivity index (χ0v) is 13.2. The largest absolute Gasteiger partial charge is 0.393 e. The molecule has 3 heteroatoms. The van der Waals surface area contributed by atoms with Gasteiger partial charge in [-0.3, -0.25) is 0 Å². The lowest BCUT2D eigenvalue weighted by atomic mass is 9.68. The average molecular weight is 268 g/mol. The smallest absolute Gasteiger partial charge is 0.0580 e. The summed E-state index contributed by atoms with van der Waals surface area (Å²) in [6.07, 6.45) is 3.33. The molecule has 2 fully saturated rings. The summed E-state index contributed by atoms with van der Waals surface area (Å²) in [7, 11) is 2.20. The van der Waals surface area contributed by atoms with Gasteiger partial charge in [-0.15, -0.1) is 0 Å². The fourth-order valence-electron chi connectivity index (χ4n) is 3.59. The van der Waals surface area contributed by atoms with Gasteiger partial charge in [-0.2, -0.15) is 0 Å². The van der Waals surface area contributed by atoms with Crippen LogP contribution in [0.15, 0.2) is 0 Å². The number of piperazine rings is 1. The summed E-state index contributed by atoms with van der Waals surface area (Å²) in [6.45, 7) is 12.8. The fourth-order valence-corrected chi connectivity index (χ4v) is 3.59. The van der Waals surface area contributed by atoms with Crippen LogP contribution in [0.4, 0.5) is 0 Å². The highest BCUT2D eigenvalue weighted by Gasteiger charge is 2.35. The highest BCUT2D eigenvalue weighted by atomic mass is 16.3. The second-order valence-corrected chi connectivity index (χ2v) is 7.81. The number of aliphatic hydroxyl groups is 1. The van der Waals surface area contributed by atoms with Crippen LogP contribution in [-0.2, 0) is 0 Å². The van der Waals surface area contributed by atoms with Crippen LogP contribution in [0.1, 0.15) is 40.0 Å². The van der Waals surface area contributed by atoms with Gasteiger partial charge in [0.25, 0.3) is 0 Å². The van der Waals surface area contributed by atoms with Crippen molar-refractivity contribution >= 4 is 0 Å². The molecule has 0 aromatic rings. The molecule has 0 radical (unpaired) electrons. The summed E-state index contributed by atoms with van der Waals surface area (Å²) >= 11 is 0. The first-order valence-electron chi connectivity index (χ1n) is 7.95. The summed E-state index contributed by atoms with van der Waals surface area (Å²) in [5, 5.41) is 10.3. The summed E-state index contributed by atoms with van der Waals surface area (Å²) in [6, 6.07) is 0. The standard InChI is InChI=1S/C16H32N2O/c1-16(2,3)14-5-6-15(19)13(11-14)12-18-9-7-17(4)8-10-18/h13-15,19H,5-12H2,1-4H3. The van der Waals surface area contributed by atoms with E-state index in [1.165, 1.54) is 39.0 Å². The third-order valence-corrected chi connectivity index (χ3v) is 5.26. The number of likely N-dealkylation sites (N-methyl/N-ethyl adjacent to an activating group) is 1. The minimum absolute atomic E-state index is 0.0711. The van der Waals surface area contributed by atoms with Crippen LogP contribution < -0.4 is 0 Å². The molecule has 1 N–H and O–H groups in total. The molecule has 3 unspecified atom stereocenters. The normalized spacial score (nSPS) is 35.5. The maximum Gasteiger partial charge on any atom is 0.0580 e. The van der Waals surface area contributed by atoms with Gasteiger partial charge >= 0.3 is 0 Å². The SMILES string of the molecule is CN1CCN(CC2CC(C(C)(C)C)CCC2O)CC1. The monoisotopic (exact) mass is 268 g/mol. The number of hydrogen-bond acceptors (Lipinski definition) is 3. The molecule has 0 aromatic carbocycles. The molecule has 0 bridgehead atoms. The molecule has 1 saturated carbocycles. The van der Waals surface area contributed by atoms with Gasteiger partial charge in [0.05, 0.1) is 6.10 Å². The molecular formula is C16H32N2O. The molecule has 1 saturated heterocycles. The van der Waals surface area contributed by atoms with Crippen molar-refractivity contribution in [2.75, 3.05) is 39.8 Å². The summed E-state index contributed by atoms with van der Waals surface area (Å²) in [5.74, 6) is 1.26. The Balaban J connectivity index is 1.87. The maximum absolute atomic E-state index is 10.3. The summed E-state index contributed by atoms with van der Waals surface area (Å²) in [5.41, 5.74) is 0.389. The van der Waals surface area contributed by atoms with Gasteiger partial charge in [0.15, 0.2) is 0 Å². The van der Waals surface area contributed by atoms with Crippen molar-refractivity contribution in [1.29, 1.82) is 0 Å². The molecule has 1 heterocycles. The zero-order valence-electron chi connectivity index (χ0n) is 13.2. The van der Waals surface area contributed by atoms with Crippen molar-refractivity contribution in [2.45, 2.75) is 46.1 Å². The van der Waals surface area contributed by atoms with Crippen LogP contribution in [-0.4, -0.2) is 60.8 Å². The molecule has 0 aromatic heterocycles. The van der Waals surface area contributed by atoms with E-state index >= 15 is 0 Å². The van der Waals surface area contributed by atoms with Crippen LogP contribution >= 0.6 is 0 Å². The van der Waals surface area contributed by atoms with Crippen LogP contribution in [0, 0.1) is 17.3 Å². The fraction of sp³-hybridized carbons (Fsp3) is 1.00. The lowest BCUT2D eigenvalue weighted by Gasteiger charge is -2.43. The number of aliphatic hydroxyl groups excluding tert-OH is 1. The third-order valence-electron chi connectivity index (χ3n) is 5.26. The van der Waals surface area contributed by atoms with Crippen molar-refractivity contribution in [1.82, 2.24) is 9.80 Å². The molecule has 19 heavy (non-hydrogen) atoms. The van der Waals surface area contributed by atoms with Crippen LogP contribution in [0.3, 0.4) is 0 Å². The van der Waals surface area contributed by atoms with Crippen LogP contribution in [0.2, 0.25) is 0 Å². The molecule has 2 rings (SSSR count). The first-order valence-corrected chi connectivity index (χ1v) is 7.95. The van der Waals surface area contributed by atoms with E-state index in [4.69, 9.17) is 0 Å². The first kappa shape index (κ1) is 15.3. The van der Waals surface area contributed by atoms with Gasteiger partial charge < -0.3 is 14.9 Å². The van der Waals surface area contributed by atoms with Gasteiger partial charge in [-0.25, -0.2) is 0 Å². The Morgan fingerprint density at radius 3 is 2.26 bits per heavy atom. The van der Waals surface area contributed by atoms with E-state index in [9.17, 15) is 5.11 Å². The Bertz CT molecular complexity index is 279. The number of hydrogen-bond donors (Lipinski definition) is 1. The van der Waals surface area contributed by atoms with E-state index in [1.807, 2.05) is 0 Å². The van der Waals surface area contributed by atoms with E-state index in [1.54, 1.807) is 0 Å². The van der Waals surface area contributed by atoms with E-state index in [0.29, 0.717) is 11.3 Å². The van der Waals surface area contributed by atoms with Gasteiger partial charge in [0.1, 0.15) is 0 Å². The predicted octanol–water partition coefficient (Wildman–Crippen LogP) is 2.06. The maximum atomic E-state index is 10.3. The Kier molecular flexibility index (Phi) is 4.91. The first-order chi connectivity index (χ1) is 8.86. The Hall–Kier alpha value is -0.120. The summed E-state index contributed by atoms with van der Waals surface area (Å²) < 4.78 is 0. The molecule has 112 valence electrons. The number of nitrogens with zero attached hydrogens (tertiary/aromatic N) is 2. The van der Waals surface area contributed by atoms with Gasteiger partial charge in [0, 0.05) is 32.7 Å². The second-order valence-electron chi connectivity index (χ2n) is 7.81. The Morgan fingerprint density at radius 2 is 1.68 bits per heavy atom. The van der Waals surface area contributed by atoms with Gasteiger partial charge in [0.2, 0.25) is 0 Å². The van der Waals surface area contributed by atoms with E-state index < -0.39 is 0 Å². The number of rotatable bonds is 2. The molecule has 0 amide bonds. The minimum Gasteiger partial charge on any atom is -0.393 e. The second kappa shape index (κ2) is 6.11. The van der Waals surface area contributed by atoms with Crippen molar-refractivity contribution in [2.24, 2.45) is 17.3 Å². The van der Waals surface area contributed by atoms with Gasteiger partial charge in [-0.1, -0.05) is 20.8 Å². The molecule has 2 aliphatic rings. The van der Waals surface area contributed by atoms with Crippen LogP contribution in [0.25, 0.3) is 0 Å². The predicted molar refractivity (Wildman–Crippen MR) is 80.2 cm³/mol. The molecule has 3 nitrogen and oxygen atoms in total. The quantitative estimate of drug-likeness (QED) is 0.830. The third kappa shape index (κ3) is 4.17. The molecule has 3 atom stereocenters. The summed E-state index contributed by atoms with van der Waals surface area (Å²) in [4.78, 5) is 4.95. The highest BCUT2D eigenvalue weighted by molar-refractivity contribution is 4.87. The van der Waals surface area contributed by atoms with Gasteiger partial charge in [-0.05, 0) is 43.6 Å². The zero-order chi connectivity index (χ0) is 14.0. The average Bonchev–Trinajstić information content (AvgIpc) is 2.33. The van der Waals surface area contributed by atoms with Crippen molar-refractivity contribution in [3.63, 3.8) is 0 Å². The van der Waals surface area contributed by atoms with Crippen molar-refractivity contribution in [3.05, 3.63) is 0 Å². The van der Waals surface area contributed by atoms with E-state index in [-0.39, 0.29) is 6.10 Å². The van der Waals surface area contributed by atoms with Crippen molar-refractivity contribution < 1.29 is 5.11 Å². The minimum atomic E-state index is -0.0711. The van der Waals surface area contributed by atoms with Crippen molar-refractivity contribution in [3.8, 4) is 0 Å². The van der Waals surface area contributed by atoms with E-state index in [0.717, 1.165) is 18.9 Å².